The molecule has 0 amide bonds. The van der Waals surface area contributed by atoms with E-state index in [2.05, 4.69) is 5.32 Å². The van der Waals surface area contributed by atoms with Crippen molar-refractivity contribution in [1.82, 2.24) is 0 Å². The van der Waals surface area contributed by atoms with Crippen molar-refractivity contribution < 1.29 is 19.4 Å². The van der Waals surface area contributed by atoms with Gasteiger partial charge in [-0.3, -0.25) is 9.59 Å². The summed E-state index contributed by atoms with van der Waals surface area (Å²) in [5.74, 6) is 0.518. The van der Waals surface area contributed by atoms with Gasteiger partial charge in [-0.05, 0) is 30.7 Å². The van der Waals surface area contributed by atoms with Crippen LogP contribution in [0.25, 0.3) is 0 Å². The number of benzene rings is 2. The fourth-order valence-electron chi connectivity index (χ4n) is 2.41. The fraction of sp³-hybridized carbons (Fsp3) is 0.125. The highest BCUT2D eigenvalue weighted by molar-refractivity contribution is 5.86. The minimum atomic E-state index is -0.639. The number of aryl methyl sites for hydroxylation is 1. The standard InChI is InChI=1S/C16H13NO4/c1-9-3-2-4-13-15(9)21-16(17-13)12-6-10(7-18)5-11(8-19)14(12)20/h2-8,16-17,20H,1H3. The van der Waals surface area contributed by atoms with E-state index in [1.807, 2.05) is 25.1 Å². The van der Waals surface area contributed by atoms with Crippen molar-refractivity contribution in [2.45, 2.75) is 13.2 Å². The third-order valence-electron chi connectivity index (χ3n) is 3.47. The normalized spacial score (nSPS) is 15.8. The molecule has 0 aromatic heterocycles. The zero-order valence-corrected chi connectivity index (χ0v) is 11.3. The molecular formula is C16H13NO4. The lowest BCUT2D eigenvalue weighted by atomic mass is 10.0. The van der Waals surface area contributed by atoms with Crippen LogP contribution in [0.2, 0.25) is 0 Å². The van der Waals surface area contributed by atoms with Gasteiger partial charge in [-0.2, -0.15) is 0 Å². The number of aromatic hydroxyl groups is 1. The van der Waals surface area contributed by atoms with E-state index in [0.717, 1.165) is 11.3 Å². The zero-order chi connectivity index (χ0) is 15.0. The Kier molecular flexibility index (Phi) is 3.10. The van der Waals surface area contributed by atoms with Crippen molar-refractivity contribution >= 4 is 18.3 Å². The number of phenols is 1. The SMILES string of the molecule is Cc1cccc2c1OC(c1cc(C=O)cc(C=O)c1O)N2. The topological polar surface area (TPSA) is 75.6 Å². The van der Waals surface area contributed by atoms with Crippen molar-refractivity contribution in [3.05, 3.63) is 52.6 Å². The van der Waals surface area contributed by atoms with Crippen LogP contribution in [0.15, 0.2) is 30.3 Å². The second kappa shape index (κ2) is 4.94. The number of para-hydroxylation sites is 1. The Morgan fingerprint density at radius 2 is 2.05 bits per heavy atom. The summed E-state index contributed by atoms with van der Waals surface area (Å²) in [5.41, 5.74) is 2.50. The van der Waals surface area contributed by atoms with Crippen molar-refractivity contribution in [2.24, 2.45) is 0 Å². The first-order valence-electron chi connectivity index (χ1n) is 6.44. The second-order valence-corrected chi connectivity index (χ2v) is 4.88. The van der Waals surface area contributed by atoms with E-state index in [-0.39, 0.29) is 11.3 Å². The van der Waals surface area contributed by atoms with Crippen LogP contribution in [0.4, 0.5) is 5.69 Å². The molecule has 1 heterocycles. The van der Waals surface area contributed by atoms with Crippen molar-refractivity contribution in [3.8, 4) is 11.5 Å². The first kappa shape index (κ1) is 13.2. The number of fused-ring (bicyclic) bond motifs is 1. The van der Waals surface area contributed by atoms with Crippen molar-refractivity contribution in [2.75, 3.05) is 5.32 Å². The molecule has 0 aliphatic carbocycles. The molecule has 2 aromatic rings. The smallest absolute Gasteiger partial charge is 0.200 e. The van der Waals surface area contributed by atoms with Gasteiger partial charge in [-0.15, -0.1) is 0 Å². The van der Waals surface area contributed by atoms with E-state index < -0.39 is 6.23 Å². The van der Waals surface area contributed by atoms with Gasteiger partial charge in [0.1, 0.15) is 17.8 Å². The summed E-state index contributed by atoms with van der Waals surface area (Å²) in [5, 5.41) is 13.3. The summed E-state index contributed by atoms with van der Waals surface area (Å²) in [4.78, 5) is 22.0. The number of nitrogens with one attached hydrogen (secondary N) is 1. The minimum absolute atomic E-state index is 0.0627. The third-order valence-corrected chi connectivity index (χ3v) is 3.47. The number of ether oxygens (including phenoxy) is 1. The van der Waals surface area contributed by atoms with E-state index in [9.17, 15) is 14.7 Å². The third kappa shape index (κ3) is 2.12. The van der Waals surface area contributed by atoms with Gasteiger partial charge in [0.15, 0.2) is 12.5 Å². The molecule has 0 saturated heterocycles. The summed E-state index contributed by atoms with van der Waals surface area (Å²) in [7, 11) is 0. The number of carbonyl (C=O) groups excluding carboxylic acids is 2. The molecule has 5 nitrogen and oxygen atoms in total. The molecular weight excluding hydrogens is 270 g/mol. The Morgan fingerprint density at radius 3 is 2.71 bits per heavy atom. The number of aldehydes is 2. The highest BCUT2D eigenvalue weighted by Crippen LogP contribution is 2.42. The Morgan fingerprint density at radius 1 is 1.24 bits per heavy atom. The van der Waals surface area contributed by atoms with Gasteiger partial charge >= 0.3 is 0 Å². The molecule has 1 aliphatic rings. The molecule has 1 atom stereocenters. The Bertz CT molecular complexity index is 739. The highest BCUT2D eigenvalue weighted by atomic mass is 16.5. The lowest BCUT2D eigenvalue weighted by Crippen LogP contribution is -2.11. The number of hydrogen-bond acceptors (Lipinski definition) is 5. The molecule has 106 valence electrons. The number of phenolic OH excluding ortho intramolecular Hbond substituents is 1. The van der Waals surface area contributed by atoms with Gasteiger partial charge in [0.2, 0.25) is 0 Å². The highest BCUT2D eigenvalue weighted by Gasteiger charge is 2.28. The largest absolute Gasteiger partial charge is 0.507 e. The lowest BCUT2D eigenvalue weighted by molar-refractivity contribution is 0.112. The Hall–Kier alpha value is -2.82. The van der Waals surface area contributed by atoms with Crippen LogP contribution >= 0.6 is 0 Å². The predicted molar refractivity (Wildman–Crippen MR) is 77.1 cm³/mol. The maximum Gasteiger partial charge on any atom is 0.200 e. The van der Waals surface area contributed by atoms with Gasteiger partial charge in [-0.25, -0.2) is 0 Å². The van der Waals surface area contributed by atoms with E-state index in [1.54, 1.807) is 0 Å². The quantitative estimate of drug-likeness (QED) is 0.847. The van der Waals surface area contributed by atoms with Crippen LogP contribution in [0.5, 0.6) is 11.5 Å². The van der Waals surface area contributed by atoms with E-state index >= 15 is 0 Å². The van der Waals surface area contributed by atoms with Crippen LogP contribution in [-0.4, -0.2) is 17.7 Å². The maximum absolute atomic E-state index is 11.0. The zero-order valence-electron chi connectivity index (χ0n) is 11.3. The number of rotatable bonds is 3. The molecule has 0 bridgehead atoms. The molecule has 0 spiro atoms. The van der Waals surface area contributed by atoms with E-state index in [0.29, 0.717) is 29.4 Å². The molecule has 1 aliphatic heterocycles. The van der Waals surface area contributed by atoms with Crippen molar-refractivity contribution in [3.63, 3.8) is 0 Å². The van der Waals surface area contributed by atoms with E-state index in [4.69, 9.17) is 4.74 Å². The van der Waals surface area contributed by atoms with Gasteiger partial charge in [0, 0.05) is 5.56 Å². The molecule has 21 heavy (non-hydrogen) atoms. The maximum atomic E-state index is 11.0. The fourth-order valence-corrected chi connectivity index (χ4v) is 2.41. The Labute approximate surface area is 121 Å². The average molecular weight is 283 g/mol. The summed E-state index contributed by atoms with van der Waals surface area (Å²) in [6.07, 6.45) is 0.502. The van der Waals surface area contributed by atoms with Crippen LogP contribution in [0, 0.1) is 6.92 Å². The molecule has 0 fully saturated rings. The molecule has 3 rings (SSSR count). The second-order valence-electron chi connectivity index (χ2n) is 4.88. The summed E-state index contributed by atoms with van der Waals surface area (Å²) in [6.45, 7) is 1.92. The molecule has 2 aromatic carbocycles. The Balaban J connectivity index is 2.05. The molecule has 0 radical (unpaired) electrons. The molecule has 1 unspecified atom stereocenters. The monoisotopic (exact) mass is 283 g/mol. The molecule has 2 N–H and O–H groups in total. The number of hydrogen-bond donors (Lipinski definition) is 2. The van der Waals surface area contributed by atoms with Crippen LogP contribution in [0.3, 0.4) is 0 Å². The van der Waals surface area contributed by atoms with Crippen LogP contribution in [0.1, 0.15) is 38.1 Å². The summed E-state index contributed by atoms with van der Waals surface area (Å²) < 4.78 is 5.80. The predicted octanol–water partition coefficient (Wildman–Crippen LogP) is 2.83. The van der Waals surface area contributed by atoms with Crippen LogP contribution in [-0.2, 0) is 0 Å². The molecule has 5 heteroatoms. The first-order valence-corrected chi connectivity index (χ1v) is 6.44. The van der Waals surface area contributed by atoms with Gasteiger partial charge in [-0.1, -0.05) is 12.1 Å². The average Bonchev–Trinajstić information content (AvgIpc) is 2.93. The molecule has 0 saturated carbocycles. The van der Waals surface area contributed by atoms with Gasteiger partial charge in [0.05, 0.1) is 16.8 Å². The first-order chi connectivity index (χ1) is 10.1. The number of anilines is 1. The summed E-state index contributed by atoms with van der Waals surface area (Å²) in [6, 6.07) is 8.52. The summed E-state index contributed by atoms with van der Waals surface area (Å²) >= 11 is 0. The van der Waals surface area contributed by atoms with Crippen LogP contribution < -0.4 is 10.1 Å². The van der Waals surface area contributed by atoms with Crippen molar-refractivity contribution in [1.29, 1.82) is 0 Å². The number of carbonyl (C=O) groups is 2. The van der Waals surface area contributed by atoms with Gasteiger partial charge < -0.3 is 15.2 Å². The lowest BCUT2D eigenvalue weighted by Gasteiger charge is -2.15. The van der Waals surface area contributed by atoms with Gasteiger partial charge in [0.25, 0.3) is 0 Å². The minimum Gasteiger partial charge on any atom is -0.507 e. The van der Waals surface area contributed by atoms with E-state index in [1.165, 1.54) is 12.1 Å².